The molecule has 0 bridgehead atoms. The van der Waals surface area contributed by atoms with Crippen molar-refractivity contribution in [2.45, 2.75) is 12.5 Å². The first kappa shape index (κ1) is 23.8. The van der Waals surface area contributed by atoms with Gasteiger partial charge in [-0.15, -0.1) is 0 Å². The zero-order chi connectivity index (χ0) is 24.4. The van der Waals surface area contributed by atoms with Gasteiger partial charge in [0.25, 0.3) is 5.91 Å². The van der Waals surface area contributed by atoms with Crippen LogP contribution in [0.3, 0.4) is 0 Å². The SMILES string of the molecule is CN1CCN(C(=O)c2cc(Br)c3c(c2)NC(=O)C3NNC(=O)Cc2ccc(F)c(C#N)c2)CC1. The highest BCUT2D eigenvalue weighted by Crippen LogP contribution is 2.37. The van der Waals surface area contributed by atoms with Crippen LogP contribution in [0.1, 0.15) is 33.1 Å². The number of nitriles is 1. The van der Waals surface area contributed by atoms with Crippen molar-refractivity contribution < 1.29 is 18.8 Å². The molecule has 2 aromatic carbocycles. The first-order chi connectivity index (χ1) is 16.3. The minimum Gasteiger partial charge on any atom is -0.336 e. The number of nitrogens with one attached hydrogen (secondary N) is 3. The molecule has 3 N–H and O–H groups in total. The van der Waals surface area contributed by atoms with Crippen LogP contribution in [-0.4, -0.2) is 60.7 Å². The average Bonchev–Trinajstić information content (AvgIpc) is 3.14. The molecule has 0 aromatic heterocycles. The van der Waals surface area contributed by atoms with E-state index in [1.807, 2.05) is 7.05 Å². The lowest BCUT2D eigenvalue weighted by molar-refractivity contribution is -0.122. The highest BCUT2D eigenvalue weighted by molar-refractivity contribution is 9.10. The van der Waals surface area contributed by atoms with Crippen molar-refractivity contribution in [3.63, 3.8) is 0 Å². The van der Waals surface area contributed by atoms with E-state index in [0.717, 1.165) is 19.2 Å². The van der Waals surface area contributed by atoms with Crippen molar-refractivity contribution in [2.24, 2.45) is 0 Å². The standard InChI is InChI=1S/C23H22BrFN6O3/c1-30-4-6-31(7-5-30)23(34)14-10-16(24)20-18(11-14)27-22(33)21(20)29-28-19(32)9-13-2-3-17(25)15(8-13)12-26/h2-3,8,10-11,21,29H,4-7,9H2,1H3,(H,27,33)(H,28,32). The zero-order valence-electron chi connectivity index (χ0n) is 18.3. The Hall–Kier alpha value is -3.33. The second-order valence-corrected chi connectivity index (χ2v) is 9.09. The fourth-order valence-corrected chi connectivity index (χ4v) is 4.64. The number of piperazine rings is 1. The molecule has 1 atom stereocenters. The van der Waals surface area contributed by atoms with Gasteiger partial charge in [0.05, 0.1) is 12.0 Å². The van der Waals surface area contributed by atoms with Crippen LogP contribution in [0.15, 0.2) is 34.8 Å². The lowest BCUT2D eigenvalue weighted by atomic mass is 10.0. The molecule has 0 aliphatic carbocycles. The maximum Gasteiger partial charge on any atom is 0.254 e. The molecule has 4 rings (SSSR count). The number of benzene rings is 2. The zero-order valence-corrected chi connectivity index (χ0v) is 19.9. The second kappa shape index (κ2) is 9.89. The molecule has 2 aromatic rings. The highest BCUT2D eigenvalue weighted by Gasteiger charge is 2.34. The van der Waals surface area contributed by atoms with Crippen molar-refractivity contribution in [3.05, 3.63) is 62.9 Å². The van der Waals surface area contributed by atoms with E-state index in [2.05, 4.69) is 37.0 Å². The topological polar surface area (TPSA) is 118 Å². The van der Waals surface area contributed by atoms with Gasteiger partial charge in [0.2, 0.25) is 11.8 Å². The van der Waals surface area contributed by atoms with Crippen LogP contribution >= 0.6 is 15.9 Å². The number of nitrogens with zero attached hydrogens (tertiary/aromatic N) is 3. The predicted octanol–water partition coefficient (Wildman–Crippen LogP) is 1.70. The Morgan fingerprint density at radius 3 is 2.68 bits per heavy atom. The number of anilines is 1. The van der Waals surface area contributed by atoms with Crippen molar-refractivity contribution in [1.29, 1.82) is 5.26 Å². The Bertz CT molecular complexity index is 1210. The molecule has 9 nitrogen and oxygen atoms in total. The van der Waals surface area contributed by atoms with E-state index in [9.17, 15) is 18.8 Å². The summed E-state index contributed by atoms with van der Waals surface area (Å²) in [6, 6.07) is 8.04. The molecule has 2 heterocycles. The van der Waals surface area contributed by atoms with Gasteiger partial charge in [-0.25, -0.2) is 9.82 Å². The summed E-state index contributed by atoms with van der Waals surface area (Å²) in [5.74, 6) is -1.60. The smallest absolute Gasteiger partial charge is 0.254 e. The summed E-state index contributed by atoms with van der Waals surface area (Å²) in [6.45, 7) is 2.87. The van der Waals surface area contributed by atoms with E-state index in [-0.39, 0.29) is 23.8 Å². The van der Waals surface area contributed by atoms with E-state index in [1.165, 1.54) is 12.1 Å². The maximum atomic E-state index is 13.5. The Balaban J connectivity index is 1.43. The largest absolute Gasteiger partial charge is 0.336 e. The number of rotatable bonds is 5. The molecule has 1 saturated heterocycles. The quantitative estimate of drug-likeness (QED) is 0.508. The van der Waals surface area contributed by atoms with Crippen LogP contribution < -0.4 is 16.2 Å². The number of fused-ring (bicyclic) bond motifs is 1. The molecule has 0 radical (unpaired) electrons. The summed E-state index contributed by atoms with van der Waals surface area (Å²) < 4.78 is 14.0. The van der Waals surface area contributed by atoms with E-state index >= 15 is 0 Å². The first-order valence-electron chi connectivity index (χ1n) is 10.6. The van der Waals surface area contributed by atoms with Crippen LogP contribution in [0.4, 0.5) is 10.1 Å². The Morgan fingerprint density at radius 1 is 1.24 bits per heavy atom. The van der Waals surface area contributed by atoms with Crippen molar-refractivity contribution in [2.75, 3.05) is 38.5 Å². The number of carbonyl (C=O) groups excluding carboxylic acids is 3. The van der Waals surface area contributed by atoms with Crippen LogP contribution in [0.25, 0.3) is 0 Å². The molecule has 2 aliphatic rings. The number of hydrogen-bond donors (Lipinski definition) is 3. The number of amides is 3. The van der Waals surface area contributed by atoms with E-state index in [1.54, 1.807) is 23.1 Å². The van der Waals surface area contributed by atoms with Crippen LogP contribution in [0.2, 0.25) is 0 Å². The van der Waals surface area contributed by atoms with Gasteiger partial charge in [-0.2, -0.15) is 5.26 Å². The average molecular weight is 529 g/mol. The molecule has 2 aliphatic heterocycles. The molecular formula is C23H22BrFN6O3. The molecule has 11 heteroatoms. The molecule has 3 amide bonds. The second-order valence-electron chi connectivity index (χ2n) is 8.23. The molecule has 0 spiro atoms. The maximum absolute atomic E-state index is 13.5. The highest BCUT2D eigenvalue weighted by atomic mass is 79.9. The fourth-order valence-electron chi connectivity index (χ4n) is 3.95. The third-order valence-corrected chi connectivity index (χ3v) is 6.50. The fraction of sp³-hybridized carbons (Fsp3) is 0.304. The van der Waals surface area contributed by atoms with Crippen LogP contribution in [0.5, 0.6) is 0 Å². The third kappa shape index (κ3) is 4.94. The summed E-state index contributed by atoms with van der Waals surface area (Å²) in [4.78, 5) is 41.8. The minimum absolute atomic E-state index is 0.105. The van der Waals surface area contributed by atoms with Gasteiger partial charge in [0.15, 0.2) is 0 Å². The van der Waals surface area contributed by atoms with Gasteiger partial charge in [-0.3, -0.25) is 19.8 Å². The Morgan fingerprint density at radius 2 is 1.97 bits per heavy atom. The van der Waals surface area contributed by atoms with Gasteiger partial charge < -0.3 is 15.1 Å². The molecule has 34 heavy (non-hydrogen) atoms. The van der Waals surface area contributed by atoms with Gasteiger partial charge in [0.1, 0.15) is 17.9 Å². The number of hydrazine groups is 1. The number of halogens is 2. The number of carbonyl (C=O) groups is 3. The van der Waals surface area contributed by atoms with Gasteiger partial charge in [-0.1, -0.05) is 22.0 Å². The molecule has 1 fully saturated rings. The molecule has 0 saturated carbocycles. The van der Waals surface area contributed by atoms with Gasteiger partial charge >= 0.3 is 0 Å². The molecule has 1 unspecified atom stereocenters. The van der Waals surface area contributed by atoms with Crippen molar-refractivity contribution >= 4 is 39.3 Å². The summed E-state index contributed by atoms with van der Waals surface area (Å²) in [5, 5.41) is 11.7. The third-order valence-electron chi connectivity index (χ3n) is 5.85. The minimum atomic E-state index is -0.871. The van der Waals surface area contributed by atoms with Gasteiger partial charge in [0, 0.05) is 47.5 Å². The summed E-state index contributed by atoms with van der Waals surface area (Å²) in [7, 11) is 2.01. The molecule has 176 valence electrons. The number of likely N-dealkylation sites (N-methyl/N-ethyl adjacent to an activating group) is 1. The monoisotopic (exact) mass is 528 g/mol. The van der Waals surface area contributed by atoms with Crippen molar-refractivity contribution in [1.82, 2.24) is 20.7 Å². The lowest BCUT2D eigenvalue weighted by Gasteiger charge is -2.32. The summed E-state index contributed by atoms with van der Waals surface area (Å²) in [5.41, 5.74) is 7.06. The Kier molecular flexibility index (Phi) is 6.92. The van der Waals surface area contributed by atoms with Gasteiger partial charge in [-0.05, 0) is 36.9 Å². The molecular weight excluding hydrogens is 507 g/mol. The number of hydrogen-bond acceptors (Lipinski definition) is 6. The van der Waals surface area contributed by atoms with E-state index in [0.29, 0.717) is 39.9 Å². The van der Waals surface area contributed by atoms with Crippen molar-refractivity contribution in [3.8, 4) is 6.07 Å². The van der Waals surface area contributed by atoms with Crippen LogP contribution in [-0.2, 0) is 16.0 Å². The normalized spacial score (nSPS) is 17.6. The first-order valence-corrected chi connectivity index (χ1v) is 11.4. The Labute approximate surface area is 204 Å². The summed E-state index contributed by atoms with van der Waals surface area (Å²) >= 11 is 3.46. The predicted molar refractivity (Wildman–Crippen MR) is 125 cm³/mol. The van der Waals surface area contributed by atoms with E-state index < -0.39 is 17.8 Å². The van der Waals surface area contributed by atoms with Crippen LogP contribution in [0, 0.1) is 17.1 Å². The van der Waals surface area contributed by atoms with E-state index in [4.69, 9.17) is 5.26 Å². The lowest BCUT2D eigenvalue weighted by Crippen LogP contribution is -2.47. The summed E-state index contributed by atoms with van der Waals surface area (Å²) in [6.07, 6.45) is -0.108.